The molecule has 3 aliphatic heterocycles. The van der Waals surface area contributed by atoms with Crippen molar-refractivity contribution in [3.63, 3.8) is 0 Å². The lowest BCUT2D eigenvalue weighted by Crippen LogP contribution is -2.66. The van der Waals surface area contributed by atoms with Crippen LogP contribution < -0.4 is 5.32 Å². The summed E-state index contributed by atoms with van der Waals surface area (Å²) in [5, 5.41) is 121. The van der Waals surface area contributed by atoms with Crippen molar-refractivity contribution >= 4 is 5.91 Å². The van der Waals surface area contributed by atoms with Gasteiger partial charge < -0.3 is 89.9 Å². The van der Waals surface area contributed by atoms with Crippen LogP contribution in [0.4, 0.5) is 0 Å². The Kier molecular flexibility index (Phi) is 64.9. The number of hydrogen-bond acceptors (Lipinski definition) is 18. The largest absolute Gasteiger partial charge is 0.394 e. The average molecular weight is 1560 g/mol. The minimum atomic E-state index is -1.98. The number of ether oxygens (including phenoxy) is 6. The third-order valence-electron chi connectivity index (χ3n) is 22.3. The number of allylic oxidation sites excluding steroid dienone is 11. The highest BCUT2D eigenvalue weighted by Crippen LogP contribution is 2.34. The van der Waals surface area contributed by atoms with Crippen LogP contribution in [0, 0.1) is 0 Å². The molecule has 0 aliphatic carbocycles. The van der Waals surface area contributed by atoms with Crippen molar-refractivity contribution in [1.29, 1.82) is 0 Å². The Balaban J connectivity index is 1.33. The summed E-state index contributed by atoms with van der Waals surface area (Å²) in [6, 6.07) is -0.978. The molecule has 110 heavy (non-hydrogen) atoms. The summed E-state index contributed by atoms with van der Waals surface area (Å²) in [5.74, 6) is -0.271. The van der Waals surface area contributed by atoms with Gasteiger partial charge in [-0.05, 0) is 64.2 Å². The number of unbranched alkanes of at least 4 members (excludes halogenated alkanes) is 47. The van der Waals surface area contributed by atoms with E-state index in [0.717, 1.165) is 77.0 Å². The third kappa shape index (κ3) is 48.7. The summed E-state index contributed by atoms with van der Waals surface area (Å²) in [6.45, 7) is 1.68. The Morgan fingerprint density at radius 1 is 0.336 bits per heavy atom. The van der Waals surface area contributed by atoms with E-state index in [2.05, 4.69) is 79.9 Å². The molecule has 0 spiro atoms. The van der Waals surface area contributed by atoms with Crippen LogP contribution in [0.5, 0.6) is 0 Å². The quantitative estimate of drug-likeness (QED) is 0.0199. The zero-order valence-corrected chi connectivity index (χ0v) is 69.2. The summed E-state index contributed by atoms with van der Waals surface area (Å²) in [6.07, 6.45) is 67.6. The summed E-state index contributed by atoms with van der Waals surface area (Å²) < 4.78 is 34.5. The van der Waals surface area contributed by atoms with Crippen molar-refractivity contribution < 1.29 is 89.4 Å². The first kappa shape index (κ1) is 101. The minimum Gasteiger partial charge on any atom is -0.394 e. The highest BCUT2D eigenvalue weighted by Gasteiger charge is 2.54. The van der Waals surface area contributed by atoms with Crippen LogP contribution in [-0.4, -0.2) is 193 Å². The van der Waals surface area contributed by atoms with Gasteiger partial charge in [0.15, 0.2) is 18.9 Å². The highest BCUT2D eigenvalue weighted by atomic mass is 16.8. The number of nitrogens with one attached hydrogen (secondary N) is 1. The summed E-state index contributed by atoms with van der Waals surface area (Å²) >= 11 is 0. The normalized spacial score (nSPS) is 25.5. The van der Waals surface area contributed by atoms with Crippen LogP contribution >= 0.6 is 0 Å². The van der Waals surface area contributed by atoms with Crippen molar-refractivity contribution in [3.8, 4) is 0 Å². The first-order valence-electron chi connectivity index (χ1n) is 45.2. The molecule has 0 bridgehead atoms. The predicted molar refractivity (Wildman–Crippen MR) is 443 cm³/mol. The molecule has 19 heteroatoms. The number of rotatable bonds is 73. The van der Waals surface area contributed by atoms with E-state index >= 15 is 0 Å². The predicted octanol–water partition coefficient (Wildman–Crippen LogP) is 17.1. The van der Waals surface area contributed by atoms with Gasteiger partial charge in [-0.15, -0.1) is 0 Å². The lowest BCUT2D eigenvalue weighted by molar-refractivity contribution is -0.379. The molecular formula is C91H165NO18. The van der Waals surface area contributed by atoms with Crippen molar-refractivity contribution in [2.75, 3.05) is 26.4 Å². The topological polar surface area (TPSA) is 307 Å². The van der Waals surface area contributed by atoms with E-state index < -0.39 is 124 Å². The molecule has 12 N–H and O–H groups in total. The zero-order chi connectivity index (χ0) is 79.5. The molecule has 0 radical (unpaired) electrons. The molecule has 17 atom stereocenters. The Bertz CT molecular complexity index is 2270. The first-order chi connectivity index (χ1) is 53.8. The van der Waals surface area contributed by atoms with E-state index in [1.807, 2.05) is 6.08 Å². The Labute approximate surface area is 668 Å². The molecule has 0 aromatic heterocycles. The van der Waals surface area contributed by atoms with Gasteiger partial charge >= 0.3 is 0 Å². The summed E-state index contributed by atoms with van der Waals surface area (Å²) in [5.41, 5.74) is 0. The van der Waals surface area contributed by atoms with E-state index in [4.69, 9.17) is 28.4 Å². The zero-order valence-electron chi connectivity index (χ0n) is 69.2. The summed E-state index contributed by atoms with van der Waals surface area (Å²) in [4.78, 5) is 13.5. The molecule has 3 fully saturated rings. The lowest BCUT2D eigenvalue weighted by Gasteiger charge is -2.48. The number of aliphatic hydroxyl groups excluding tert-OH is 11. The average Bonchev–Trinajstić information content (AvgIpc) is 0.780. The molecule has 1 amide bonds. The second-order valence-electron chi connectivity index (χ2n) is 32.0. The second-order valence-corrected chi connectivity index (χ2v) is 32.0. The standard InChI is InChI=1S/C91H165NO18/c1-3-5-7-9-11-13-15-17-19-21-23-25-27-29-31-33-35-37-39-41-43-45-47-49-51-53-55-57-59-61-63-65-67-69-79(97)92-74(75(96)68-66-64-62-60-58-56-54-52-50-48-46-44-42-40-38-36-34-32-30-28-26-24-22-20-18-16-14-12-10-8-6-4-2)73-105-89-85(103)82(100)87(77(71-94)107-89)110-91-86(104)83(101)88(78(72-95)108-91)109-90-84(102)81(99)80(98)76(70-93)106-90/h5,7,11,13,17,19,23,25,29,31,66,68,74-78,80-91,93-96,98-104H,3-4,6,8-10,12,14-16,18,20-22,24,26-28,30,32-65,67,69-73H2,1-2H3,(H,92,97)/b7-5-,13-11-,19-17-,25-23-,31-29-,68-66+. The monoisotopic (exact) mass is 1560 g/mol. The minimum absolute atomic E-state index is 0.243. The molecular weight excluding hydrogens is 1390 g/mol. The number of hydrogen-bond donors (Lipinski definition) is 12. The molecule has 3 rings (SSSR count). The van der Waals surface area contributed by atoms with E-state index in [1.165, 1.54) is 263 Å². The molecule has 17 unspecified atom stereocenters. The van der Waals surface area contributed by atoms with Crippen molar-refractivity contribution in [1.82, 2.24) is 5.32 Å². The molecule has 0 aromatic carbocycles. The summed E-state index contributed by atoms with van der Waals surface area (Å²) in [7, 11) is 0. The van der Waals surface area contributed by atoms with E-state index in [-0.39, 0.29) is 18.9 Å². The van der Waals surface area contributed by atoms with Crippen molar-refractivity contribution in [2.45, 2.75) is 471 Å². The fourth-order valence-corrected chi connectivity index (χ4v) is 15.1. The molecule has 19 nitrogen and oxygen atoms in total. The maximum absolute atomic E-state index is 13.5. The second kappa shape index (κ2) is 70.4. The number of carbonyl (C=O) groups excluding carboxylic acids is 1. The van der Waals surface area contributed by atoms with Crippen LogP contribution in [0.15, 0.2) is 72.9 Å². The van der Waals surface area contributed by atoms with E-state index in [1.54, 1.807) is 6.08 Å². The maximum Gasteiger partial charge on any atom is 0.220 e. The van der Waals surface area contributed by atoms with Crippen LogP contribution in [0.3, 0.4) is 0 Å². The van der Waals surface area contributed by atoms with E-state index in [0.29, 0.717) is 6.42 Å². The first-order valence-corrected chi connectivity index (χ1v) is 45.2. The van der Waals surface area contributed by atoms with Crippen molar-refractivity contribution in [3.05, 3.63) is 72.9 Å². The van der Waals surface area contributed by atoms with Gasteiger partial charge in [0.1, 0.15) is 73.2 Å². The third-order valence-corrected chi connectivity index (χ3v) is 22.3. The van der Waals surface area contributed by atoms with Gasteiger partial charge in [0.05, 0.1) is 38.6 Å². The smallest absolute Gasteiger partial charge is 0.220 e. The Morgan fingerprint density at radius 3 is 0.982 bits per heavy atom. The maximum atomic E-state index is 13.5. The van der Waals surface area contributed by atoms with Gasteiger partial charge in [0.2, 0.25) is 5.91 Å². The van der Waals surface area contributed by atoms with E-state index in [9.17, 15) is 61.0 Å². The number of aliphatic hydroxyl groups is 11. The van der Waals surface area contributed by atoms with Gasteiger partial charge in [0.25, 0.3) is 0 Å². The fourth-order valence-electron chi connectivity index (χ4n) is 15.1. The Morgan fingerprint density at radius 2 is 0.627 bits per heavy atom. The van der Waals surface area contributed by atoms with Gasteiger partial charge in [-0.2, -0.15) is 0 Å². The van der Waals surface area contributed by atoms with Gasteiger partial charge in [-0.1, -0.05) is 369 Å². The molecule has 642 valence electrons. The SMILES string of the molecule is CC/C=C\C/C=C\C/C=C\C/C=C\C/C=C\CCCCCCCCCCCCCCCCCCCC(=O)NC(COC1OC(CO)C(OC2OC(CO)C(OC3OC(CO)C(O)C(O)C3O)C(O)C2O)C(O)C1O)C(O)/C=C/CCCCCCCCCCCCCCCCCCCCCCCCCCCCCCCC. The van der Waals surface area contributed by atoms with Gasteiger partial charge in [-0.25, -0.2) is 0 Å². The number of amides is 1. The highest BCUT2D eigenvalue weighted by molar-refractivity contribution is 5.76. The molecule has 0 saturated carbocycles. The fraction of sp³-hybridized carbons (Fsp3) is 0.857. The van der Waals surface area contributed by atoms with Gasteiger partial charge in [-0.3, -0.25) is 4.79 Å². The lowest BCUT2D eigenvalue weighted by atomic mass is 9.96. The van der Waals surface area contributed by atoms with Crippen LogP contribution in [0.2, 0.25) is 0 Å². The van der Waals surface area contributed by atoms with Crippen LogP contribution in [-0.2, 0) is 33.2 Å². The van der Waals surface area contributed by atoms with Crippen LogP contribution in [0.25, 0.3) is 0 Å². The molecule has 3 saturated heterocycles. The number of carbonyl (C=O) groups is 1. The molecule has 3 heterocycles. The Hall–Kier alpha value is -2.77. The molecule has 0 aromatic rings. The van der Waals surface area contributed by atoms with Crippen molar-refractivity contribution in [2.24, 2.45) is 0 Å². The van der Waals surface area contributed by atoms with Crippen LogP contribution in [0.1, 0.15) is 367 Å². The van der Waals surface area contributed by atoms with Gasteiger partial charge in [0, 0.05) is 6.42 Å². The molecule has 3 aliphatic rings.